The van der Waals surface area contributed by atoms with Crippen molar-refractivity contribution in [3.63, 3.8) is 0 Å². The molecule has 2 heteroatoms. The summed E-state index contributed by atoms with van der Waals surface area (Å²) in [6.45, 7) is 4.36. The van der Waals surface area contributed by atoms with Gasteiger partial charge in [0.2, 0.25) is 0 Å². The fourth-order valence-electron chi connectivity index (χ4n) is 2.40. The molecule has 0 heterocycles. The second-order valence-electron chi connectivity index (χ2n) is 4.68. The van der Waals surface area contributed by atoms with Crippen LogP contribution in [0, 0.1) is 0 Å². The van der Waals surface area contributed by atoms with Gasteiger partial charge in [0.05, 0.1) is 0 Å². The summed E-state index contributed by atoms with van der Waals surface area (Å²) in [6.07, 6.45) is 3.16. The number of fused-ring (bicyclic) bond motifs is 1. The molecule has 1 unspecified atom stereocenters. The molecule has 1 aliphatic carbocycles. The number of phenolic OH excluding ortho intramolecular Hbond substituents is 1. The van der Waals surface area contributed by atoms with E-state index in [-0.39, 0.29) is 0 Å². The lowest BCUT2D eigenvalue weighted by Gasteiger charge is -2.27. The van der Waals surface area contributed by atoms with Gasteiger partial charge in [-0.1, -0.05) is 26.0 Å². The molecular weight excluding hydrogens is 186 g/mol. The lowest BCUT2D eigenvalue weighted by atomic mass is 9.87. The van der Waals surface area contributed by atoms with Crippen LogP contribution in [0.1, 0.15) is 31.4 Å². The minimum atomic E-state index is 0.468. The minimum absolute atomic E-state index is 0.468. The SMILES string of the molecule is CC(C)NC1CCc2c(O)cccc2C1. The molecule has 2 N–H and O–H groups in total. The summed E-state index contributed by atoms with van der Waals surface area (Å²) in [5.41, 5.74) is 2.46. The van der Waals surface area contributed by atoms with Gasteiger partial charge in [-0.2, -0.15) is 0 Å². The Morgan fingerprint density at radius 3 is 2.93 bits per heavy atom. The van der Waals surface area contributed by atoms with Gasteiger partial charge in [0.15, 0.2) is 0 Å². The van der Waals surface area contributed by atoms with Crippen molar-refractivity contribution in [3.05, 3.63) is 29.3 Å². The number of benzene rings is 1. The maximum Gasteiger partial charge on any atom is 0.119 e. The standard InChI is InChI=1S/C13H19NO/c1-9(2)14-11-6-7-12-10(8-11)4-3-5-13(12)15/h3-5,9,11,14-15H,6-8H2,1-2H3. The number of nitrogens with one attached hydrogen (secondary N) is 1. The molecule has 1 aliphatic rings. The third kappa shape index (κ3) is 2.32. The van der Waals surface area contributed by atoms with Crippen LogP contribution in [0.25, 0.3) is 0 Å². The largest absolute Gasteiger partial charge is 0.508 e. The summed E-state index contributed by atoms with van der Waals surface area (Å²) in [4.78, 5) is 0. The summed E-state index contributed by atoms with van der Waals surface area (Å²) in [6, 6.07) is 6.96. The van der Waals surface area contributed by atoms with E-state index in [2.05, 4.69) is 25.2 Å². The molecule has 0 bridgehead atoms. The maximum absolute atomic E-state index is 9.70. The Hall–Kier alpha value is -1.02. The highest BCUT2D eigenvalue weighted by molar-refractivity contribution is 5.41. The molecule has 1 aromatic carbocycles. The number of rotatable bonds is 2. The highest BCUT2D eigenvalue weighted by atomic mass is 16.3. The molecular formula is C13H19NO. The van der Waals surface area contributed by atoms with Crippen molar-refractivity contribution in [3.8, 4) is 5.75 Å². The Bertz CT molecular complexity index is 346. The van der Waals surface area contributed by atoms with Crippen molar-refractivity contribution in [1.29, 1.82) is 0 Å². The van der Waals surface area contributed by atoms with E-state index in [9.17, 15) is 5.11 Å². The lowest BCUT2D eigenvalue weighted by Crippen LogP contribution is -2.38. The molecule has 0 aliphatic heterocycles. The average molecular weight is 205 g/mol. The van der Waals surface area contributed by atoms with E-state index in [0.29, 0.717) is 17.8 Å². The van der Waals surface area contributed by atoms with E-state index in [1.165, 1.54) is 5.56 Å². The predicted octanol–water partition coefficient (Wildman–Crippen LogP) is 2.25. The fraction of sp³-hybridized carbons (Fsp3) is 0.538. The smallest absolute Gasteiger partial charge is 0.119 e. The quantitative estimate of drug-likeness (QED) is 0.776. The number of hydrogen-bond donors (Lipinski definition) is 2. The zero-order chi connectivity index (χ0) is 10.8. The van der Waals surface area contributed by atoms with Gasteiger partial charge >= 0.3 is 0 Å². The van der Waals surface area contributed by atoms with E-state index in [1.807, 2.05) is 6.07 Å². The third-order valence-electron chi connectivity index (χ3n) is 3.03. The zero-order valence-electron chi connectivity index (χ0n) is 9.46. The third-order valence-corrected chi connectivity index (χ3v) is 3.03. The lowest BCUT2D eigenvalue weighted by molar-refractivity contribution is 0.408. The van der Waals surface area contributed by atoms with Crippen molar-refractivity contribution in [2.75, 3.05) is 0 Å². The second-order valence-corrected chi connectivity index (χ2v) is 4.68. The van der Waals surface area contributed by atoms with Crippen LogP contribution in [0.5, 0.6) is 5.75 Å². The van der Waals surface area contributed by atoms with Gasteiger partial charge in [0, 0.05) is 12.1 Å². The summed E-state index contributed by atoms with van der Waals surface area (Å²) >= 11 is 0. The molecule has 15 heavy (non-hydrogen) atoms. The molecule has 0 radical (unpaired) electrons. The molecule has 0 spiro atoms. The summed E-state index contributed by atoms with van der Waals surface area (Å²) < 4.78 is 0. The van der Waals surface area contributed by atoms with Gasteiger partial charge in [0.1, 0.15) is 5.75 Å². The number of aromatic hydroxyl groups is 1. The maximum atomic E-state index is 9.70. The van der Waals surface area contributed by atoms with Crippen molar-refractivity contribution in [2.45, 2.75) is 45.2 Å². The van der Waals surface area contributed by atoms with Crippen molar-refractivity contribution < 1.29 is 5.11 Å². The van der Waals surface area contributed by atoms with Crippen LogP contribution in [-0.2, 0) is 12.8 Å². The van der Waals surface area contributed by atoms with Gasteiger partial charge < -0.3 is 10.4 Å². The highest BCUT2D eigenvalue weighted by Crippen LogP contribution is 2.28. The molecule has 0 aromatic heterocycles. The molecule has 2 nitrogen and oxygen atoms in total. The number of phenols is 1. The molecule has 2 rings (SSSR count). The zero-order valence-corrected chi connectivity index (χ0v) is 9.46. The van der Waals surface area contributed by atoms with Crippen molar-refractivity contribution in [2.24, 2.45) is 0 Å². The Labute approximate surface area is 91.3 Å². The first-order valence-electron chi connectivity index (χ1n) is 5.72. The van der Waals surface area contributed by atoms with Crippen LogP contribution >= 0.6 is 0 Å². The van der Waals surface area contributed by atoms with E-state index in [0.717, 1.165) is 24.8 Å². The normalized spacial score (nSPS) is 20.3. The van der Waals surface area contributed by atoms with Gasteiger partial charge in [-0.05, 0) is 36.5 Å². The Kier molecular flexibility index (Phi) is 2.96. The molecule has 0 saturated carbocycles. The molecule has 82 valence electrons. The molecule has 0 saturated heterocycles. The highest BCUT2D eigenvalue weighted by Gasteiger charge is 2.20. The Morgan fingerprint density at radius 2 is 2.20 bits per heavy atom. The Morgan fingerprint density at radius 1 is 1.40 bits per heavy atom. The van der Waals surface area contributed by atoms with E-state index >= 15 is 0 Å². The van der Waals surface area contributed by atoms with E-state index in [4.69, 9.17) is 0 Å². The molecule has 0 amide bonds. The van der Waals surface area contributed by atoms with Crippen LogP contribution < -0.4 is 5.32 Å². The minimum Gasteiger partial charge on any atom is -0.508 e. The van der Waals surface area contributed by atoms with Crippen LogP contribution in [0.2, 0.25) is 0 Å². The van der Waals surface area contributed by atoms with Gasteiger partial charge in [0.25, 0.3) is 0 Å². The first-order chi connectivity index (χ1) is 7.16. The van der Waals surface area contributed by atoms with E-state index in [1.54, 1.807) is 6.07 Å². The van der Waals surface area contributed by atoms with Gasteiger partial charge in [-0.25, -0.2) is 0 Å². The monoisotopic (exact) mass is 205 g/mol. The molecule has 1 aromatic rings. The van der Waals surface area contributed by atoms with E-state index < -0.39 is 0 Å². The summed E-state index contributed by atoms with van der Waals surface area (Å²) in [7, 11) is 0. The Balaban J connectivity index is 2.13. The predicted molar refractivity (Wildman–Crippen MR) is 62.2 cm³/mol. The van der Waals surface area contributed by atoms with Crippen LogP contribution in [-0.4, -0.2) is 17.2 Å². The summed E-state index contributed by atoms with van der Waals surface area (Å²) in [5, 5.41) is 13.3. The second kappa shape index (κ2) is 4.23. The van der Waals surface area contributed by atoms with Crippen LogP contribution in [0.4, 0.5) is 0 Å². The van der Waals surface area contributed by atoms with Crippen LogP contribution in [0.15, 0.2) is 18.2 Å². The topological polar surface area (TPSA) is 32.3 Å². The average Bonchev–Trinajstić information content (AvgIpc) is 2.17. The van der Waals surface area contributed by atoms with Crippen LogP contribution in [0.3, 0.4) is 0 Å². The first kappa shape index (κ1) is 10.5. The van der Waals surface area contributed by atoms with Gasteiger partial charge in [-0.3, -0.25) is 0 Å². The molecule has 1 atom stereocenters. The fourth-order valence-corrected chi connectivity index (χ4v) is 2.40. The summed E-state index contributed by atoms with van der Waals surface area (Å²) in [5.74, 6) is 0.468. The van der Waals surface area contributed by atoms with Crippen molar-refractivity contribution >= 4 is 0 Å². The molecule has 0 fully saturated rings. The van der Waals surface area contributed by atoms with Crippen molar-refractivity contribution in [1.82, 2.24) is 5.32 Å². The first-order valence-corrected chi connectivity index (χ1v) is 5.72. The number of hydrogen-bond acceptors (Lipinski definition) is 2. The van der Waals surface area contributed by atoms with Gasteiger partial charge in [-0.15, -0.1) is 0 Å².